The minimum Gasteiger partial charge on any atom is -0.455 e. The van der Waals surface area contributed by atoms with Crippen molar-refractivity contribution in [3.05, 3.63) is 469 Å². The van der Waals surface area contributed by atoms with Gasteiger partial charge in [-0.3, -0.25) is 0 Å². The smallest absolute Gasteiger partial charge is 0.144 e. The fourth-order valence-corrected chi connectivity index (χ4v) is 26.3. The Morgan fingerprint density at radius 3 is 0.910 bits per heavy atom. The summed E-state index contributed by atoms with van der Waals surface area (Å²) >= 11 is 0. The summed E-state index contributed by atoms with van der Waals surface area (Å²) in [5.41, 5.74) is 51.1. The predicted molar refractivity (Wildman–Crippen MR) is 601 cm³/mol. The molecule has 0 saturated heterocycles. The molecule has 0 fully saturated rings. The molecule has 0 atom stereocenters. The second-order valence-corrected chi connectivity index (χ2v) is 42.6. The molecule has 4 aromatic heterocycles. The van der Waals surface area contributed by atoms with E-state index in [0.29, 0.717) is 0 Å². The second-order valence-electron chi connectivity index (χ2n) is 42.6. The zero-order valence-electron chi connectivity index (χ0n) is 81.0. The summed E-state index contributed by atoms with van der Waals surface area (Å²) in [6.45, 7) is 19.5. The first-order valence-electron chi connectivity index (χ1n) is 50.5. The van der Waals surface area contributed by atoms with E-state index in [0.717, 1.165) is 160 Å². The highest BCUT2D eigenvalue weighted by Crippen LogP contribution is 2.66. The van der Waals surface area contributed by atoms with Gasteiger partial charge in [-0.05, 0) is 314 Å². The summed E-state index contributed by atoms with van der Waals surface area (Å²) in [5.74, 6) is 0. The summed E-state index contributed by atoms with van der Waals surface area (Å²) in [7, 11) is 0. The maximum Gasteiger partial charge on any atom is 0.144 e. The highest BCUT2D eigenvalue weighted by Gasteiger charge is 2.50. The topological polar surface area (TPSA) is 52.6 Å². The number of para-hydroxylation sites is 4. The van der Waals surface area contributed by atoms with E-state index in [1.165, 1.54) is 161 Å². The van der Waals surface area contributed by atoms with Crippen molar-refractivity contribution in [3.63, 3.8) is 0 Å². The Balaban J connectivity index is 0.493. The molecule has 0 amide bonds. The Morgan fingerprint density at radius 2 is 0.431 bits per heavy atom. The van der Waals surface area contributed by atoms with E-state index in [4.69, 9.17) is 17.7 Å². The summed E-state index contributed by atoms with van der Waals surface area (Å²) in [4.78, 5) is 0. The van der Waals surface area contributed by atoms with Crippen molar-refractivity contribution in [1.82, 2.24) is 0 Å². The third-order valence-corrected chi connectivity index (χ3v) is 33.4. The number of hydrogen-bond acceptors (Lipinski definition) is 4. The van der Waals surface area contributed by atoms with E-state index in [1.807, 2.05) is 0 Å². The van der Waals surface area contributed by atoms with Crippen molar-refractivity contribution in [3.8, 4) is 167 Å². The molecule has 4 nitrogen and oxygen atoms in total. The molecule has 144 heavy (non-hydrogen) atoms. The van der Waals surface area contributed by atoms with Crippen LogP contribution in [0.4, 0.5) is 0 Å². The molecule has 26 aromatic rings. The van der Waals surface area contributed by atoms with Crippen molar-refractivity contribution in [2.24, 2.45) is 0 Å². The van der Waals surface area contributed by atoms with Crippen LogP contribution in [-0.2, 0) is 21.7 Å². The lowest BCUT2D eigenvalue weighted by Gasteiger charge is -2.31. The van der Waals surface area contributed by atoms with Crippen molar-refractivity contribution in [1.29, 1.82) is 0 Å². The average Bonchev–Trinajstić information content (AvgIpc) is 1.50. The van der Waals surface area contributed by atoms with Crippen LogP contribution in [0.3, 0.4) is 0 Å². The quantitative estimate of drug-likeness (QED) is 0.129. The molecule has 30 rings (SSSR count). The van der Waals surface area contributed by atoms with Gasteiger partial charge in [-0.2, -0.15) is 0 Å². The molecule has 0 spiro atoms. The first kappa shape index (κ1) is 82.5. The van der Waals surface area contributed by atoms with E-state index < -0.39 is 21.7 Å². The molecule has 0 radical (unpaired) electrons. The Morgan fingerprint density at radius 1 is 0.146 bits per heavy atom. The van der Waals surface area contributed by atoms with Crippen LogP contribution in [0.5, 0.6) is 0 Å². The van der Waals surface area contributed by atoms with Crippen LogP contribution in [0.25, 0.3) is 276 Å². The van der Waals surface area contributed by atoms with E-state index in [9.17, 15) is 0 Å². The van der Waals surface area contributed by atoms with Gasteiger partial charge in [0.1, 0.15) is 44.7 Å². The minimum absolute atomic E-state index is 0.413. The van der Waals surface area contributed by atoms with Crippen LogP contribution < -0.4 is 0 Å². The van der Waals surface area contributed by atoms with E-state index in [2.05, 4.69) is 480 Å². The Kier molecular flexibility index (Phi) is 17.2. The lowest BCUT2D eigenvalue weighted by Crippen LogP contribution is -2.24. The summed E-state index contributed by atoms with van der Waals surface area (Å²) < 4.78 is 29.2. The van der Waals surface area contributed by atoms with Gasteiger partial charge < -0.3 is 17.7 Å². The van der Waals surface area contributed by atoms with Gasteiger partial charge in [-0.25, -0.2) is 0 Å². The zero-order chi connectivity index (χ0) is 95.8. The molecule has 0 aliphatic heterocycles. The van der Waals surface area contributed by atoms with Gasteiger partial charge in [0.25, 0.3) is 0 Å². The Bertz CT molecular complexity index is 10000. The van der Waals surface area contributed by atoms with E-state index >= 15 is 0 Å². The van der Waals surface area contributed by atoms with Gasteiger partial charge in [-0.1, -0.05) is 377 Å². The van der Waals surface area contributed by atoms with Gasteiger partial charge in [-0.15, -0.1) is 0 Å². The Hall–Kier alpha value is -17.4. The Labute approximate surface area is 834 Å². The number of hydrogen-bond donors (Lipinski definition) is 0. The van der Waals surface area contributed by atoms with Gasteiger partial charge >= 0.3 is 0 Å². The first-order valence-corrected chi connectivity index (χ1v) is 50.5. The SMILES string of the molecule is CC1(C)c2cc3c(cc2-c2c1cc(-c1cc(-c4ccccc4)cc(-c4ccccc4)c1)c1c2oc2ccccc21)C(C)(C)c1cc(-c2cc(-c4ccccc4)cc(-c4ccc(-c5ccc6cccc(-c7ccc(-c8cc9c(c%10c8oc8ccccc8%10)-c8ccc%10c(c8C9(C)C)C(C)(C)c8cc(-c9ccc(-c%11cccc%12ccccc%11%12)cc9)c9c(oc%11ccccc%119)c8-%10)cc7)c6c5)cc4)c2)c2oc4ccccc4c2c1-3. The highest BCUT2D eigenvalue weighted by atomic mass is 16.3. The minimum atomic E-state index is -0.441. The standard InChI is InChI=1S/C140H94O4/c1-137(2)113-78-112-114(138(3,4)117-74-108(124-101-41-21-25-47-120(101)144-136(124)128(112)117)95-68-91(79-30-12-9-13-31-79)66-92(69-95)80-32-14-10-15-33-80)77-111(113)126-115(137)76-110(134-130(126)103-43-23-27-49-122(103)142-134)96-70-93(81-34-16-11-17-35-81)67-94(71-96)83-52-50-82(51-53-83)90-63-62-85-38-29-45-99(106(85)72-90)87-56-60-89(61-57-87)109-75-116-125(129-102-42-22-26-48-121(102)141-133(109)129)104-64-65-105-127-118(140(7,8)132(105)131(104)139(116,5)6)73-107(123-100-40-20-24-46-119(100)143-135(123)127)88-58-54-86(55-59-88)98-44-28-37-84-36-18-19-39-97(84)98/h9-78H,1-8H3. The maximum atomic E-state index is 7.38. The molecule has 0 bridgehead atoms. The van der Waals surface area contributed by atoms with Crippen LogP contribution in [-0.4, -0.2) is 0 Å². The normalized spacial score (nSPS) is 14.2. The number of furan rings is 4. The van der Waals surface area contributed by atoms with Gasteiger partial charge in [0.15, 0.2) is 0 Å². The molecule has 0 saturated carbocycles. The summed E-state index contributed by atoms with van der Waals surface area (Å²) in [6.07, 6.45) is 0. The van der Waals surface area contributed by atoms with Crippen LogP contribution >= 0.6 is 0 Å². The molecular weight excluding hydrogens is 1750 g/mol. The zero-order valence-corrected chi connectivity index (χ0v) is 81.0. The number of fused-ring (bicyclic) bond motifs is 31. The number of benzene rings is 22. The third-order valence-electron chi connectivity index (χ3n) is 33.4. The predicted octanol–water partition coefficient (Wildman–Crippen LogP) is 39.2. The first-order chi connectivity index (χ1) is 70.4. The fraction of sp³-hybridized carbons (Fsp3) is 0.0857. The summed E-state index contributed by atoms with van der Waals surface area (Å²) in [5, 5.41) is 13.9. The van der Waals surface area contributed by atoms with Gasteiger partial charge in [0, 0.05) is 87.0 Å². The lowest BCUT2D eigenvalue weighted by atomic mass is 9.72. The average molecular weight is 1840 g/mol. The van der Waals surface area contributed by atoms with Crippen LogP contribution in [0, 0.1) is 0 Å². The maximum absolute atomic E-state index is 7.38. The fourth-order valence-electron chi connectivity index (χ4n) is 26.3. The molecule has 4 heteroatoms. The van der Waals surface area contributed by atoms with Gasteiger partial charge in [0.2, 0.25) is 0 Å². The lowest BCUT2D eigenvalue weighted by molar-refractivity contribution is 0.601. The third kappa shape index (κ3) is 11.8. The molecular formula is C140H94O4. The monoisotopic (exact) mass is 1840 g/mol. The molecule has 678 valence electrons. The largest absolute Gasteiger partial charge is 0.455 e. The van der Waals surface area contributed by atoms with Crippen LogP contribution in [0.1, 0.15) is 99.9 Å². The molecule has 0 N–H and O–H groups in total. The van der Waals surface area contributed by atoms with E-state index in [1.54, 1.807) is 0 Å². The second kappa shape index (κ2) is 30.1. The van der Waals surface area contributed by atoms with Crippen LogP contribution in [0.15, 0.2) is 442 Å². The molecule has 22 aromatic carbocycles. The molecule has 4 aliphatic carbocycles. The van der Waals surface area contributed by atoms with E-state index in [-0.39, 0.29) is 0 Å². The summed E-state index contributed by atoms with van der Waals surface area (Å²) in [6, 6.07) is 158. The van der Waals surface area contributed by atoms with Crippen molar-refractivity contribution in [2.45, 2.75) is 77.0 Å². The molecule has 4 aliphatic rings. The molecule has 4 heterocycles. The number of rotatable bonds is 11. The van der Waals surface area contributed by atoms with Crippen molar-refractivity contribution < 1.29 is 17.7 Å². The van der Waals surface area contributed by atoms with Crippen molar-refractivity contribution >= 4 is 109 Å². The molecule has 0 unspecified atom stereocenters. The van der Waals surface area contributed by atoms with Crippen molar-refractivity contribution in [2.75, 3.05) is 0 Å². The van der Waals surface area contributed by atoms with Crippen LogP contribution in [0.2, 0.25) is 0 Å². The highest BCUT2D eigenvalue weighted by molar-refractivity contribution is 6.25. The van der Waals surface area contributed by atoms with Gasteiger partial charge in [0.05, 0.1) is 0 Å².